The summed E-state index contributed by atoms with van der Waals surface area (Å²) in [6.45, 7) is 1.60. The maximum atomic E-state index is 11.7. The van der Waals surface area contributed by atoms with Crippen molar-refractivity contribution in [3.8, 4) is 10.8 Å². The van der Waals surface area contributed by atoms with Gasteiger partial charge in [0.25, 0.3) is 5.56 Å². The topological polar surface area (TPSA) is 73.3 Å². The third-order valence-corrected chi connectivity index (χ3v) is 2.99. The fourth-order valence-corrected chi connectivity index (χ4v) is 2.10. The number of hydrogen-bond acceptors (Lipinski definition) is 6. The predicted octanol–water partition coefficient (Wildman–Crippen LogP) is 1.11. The molecule has 0 aliphatic carbocycles. The molecule has 0 saturated heterocycles. The highest BCUT2D eigenvalue weighted by Crippen LogP contribution is 2.23. The van der Waals surface area contributed by atoms with Crippen molar-refractivity contribution in [1.82, 2.24) is 19.8 Å². The number of aryl methyl sites for hydroxylation is 1. The van der Waals surface area contributed by atoms with Crippen molar-refractivity contribution in [2.45, 2.75) is 6.92 Å². The molecule has 0 spiro atoms. The lowest BCUT2D eigenvalue weighted by Crippen LogP contribution is -2.19. The molecule has 0 radical (unpaired) electrons. The maximum absolute atomic E-state index is 11.7. The summed E-state index contributed by atoms with van der Waals surface area (Å²) in [7, 11) is 0. The molecule has 3 rings (SSSR count). The molecule has 0 fully saturated rings. The van der Waals surface area contributed by atoms with Gasteiger partial charge in [-0.1, -0.05) is 11.3 Å². The van der Waals surface area contributed by atoms with Gasteiger partial charge in [-0.25, -0.2) is 0 Å². The second kappa shape index (κ2) is 3.24. The summed E-state index contributed by atoms with van der Waals surface area (Å²) in [5.41, 5.74) is 0.0767. The molecule has 0 bridgehead atoms. The summed E-state index contributed by atoms with van der Waals surface area (Å²) in [6.07, 6.45) is 1.56. The van der Waals surface area contributed by atoms with Gasteiger partial charge in [-0.2, -0.15) is 4.52 Å². The molecule has 0 unspecified atom stereocenters. The Hall–Kier alpha value is -2.02. The van der Waals surface area contributed by atoms with E-state index in [1.165, 1.54) is 15.9 Å². The Morgan fingerprint density at radius 1 is 1.44 bits per heavy atom. The van der Waals surface area contributed by atoms with E-state index in [1.807, 2.05) is 0 Å². The normalized spacial score (nSPS) is 11.1. The molecule has 0 aliphatic heterocycles. The molecular formula is C9H6N4O2S. The zero-order valence-corrected chi connectivity index (χ0v) is 9.06. The summed E-state index contributed by atoms with van der Waals surface area (Å²) in [6, 6.07) is 3.55. The molecular weight excluding hydrogens is 228 g/mol. The smallest absolute Gasteiger partial charge is 0.296 e. The SMILES string of the molecule is Cc1nnc2sc(-c3ccco3)nn2c1=O. The van der Waals surface area contributed by atoms with Crippen LogP contribution in [-0.4, -0.2) is 19.8 Å². The fourth-order valence-electron chi connectivity index (χ4n) is 1.29. The molecule has 0 aliphatic rings. The molecule has 0 amide bonds. The molecule has 0 saturated carbocycles. The van der Waals surface area contributed by atoms with Crippen LogP contribution in [0.4, 0.5) is 0 Å². The highest BCUT2D eigenvalue weighted by atomic mass is 32.1. The number of aromatic nitrogens is 4. The summed E-state index contributed by atoms with van der Waals surface area (Å²) in [5, 5.41) is 12.4. The lowest BCUT2D eigenvalue weighted by Gasteiger charge is -1.88. The Kier molecular flexibility index (Phi) is 1.87. The first-order valence-electron chi connectivity index (χ1n) is 4.53. The van der Waals surface area contributed by atoms with Crippen molar-refractivity contribution >= 4 is 16.3 Å². The monoisotopic (exact) mass is 234 g/mol. The van der Waals surface area contributed by atoms with E-state index < -0.39 is 0 Å². The standard InChI is InChI=1S/C9H6N4O2S/c1-5-8(14)13-9(11-10-5)16-7(12-13)6-3-2-4-15-6/h2-4H,1H3. The highest BCUT2D eigenvalue weighted by Gasteiger charge is 2.12. The van der Waals surface area contributed by atoms with Crippen LogP contribution in [0, 0.1) is 6.92 Å². The van der Waals surface area contributed by atoms with Crippen LogP contribution in [0.25, 0.3) is 15.7 Å². The van der Waals surface area contributed by atoms with Crippen LogP contribution in [0.2, 0.25) is 0 Å². The summed E-state index contributed by atoms with van der Waals surface area (Å²) >= 11 is 1.26. The van der Waals surface area contributed by atoms with Gasteiger partial charge in [0.1, 0.15) is 5.69 Å². The van der Waals surface area contributed by atoms with Crippen LogP contribution in [0.1, 0.15) is 5.69 Å². The predicted molar refractivity (Wildman–Crippen MR) is 57.4 cm³/mol. The first kappa shape index (κ1) is 9.22. The molecule has 7 heteroatoms. The van der Waals surface area contributed by atoms with E-state index in [0.29, 0.717) is 21.4 Å². The van der Waals surface area contributed by atoms with E-state index in [4.69, 9.17) is 4.42 Å². The second-order valence-electron chi connectivity index (χ2n) is 3.17. The molecule has 16 heavy (non-hydrogen) atoms. The third kappa shape index (κ3) is 1.25. The van der Waals surface area contributed by atoms with Crippen molar-refractivity contribution in [3.05, 3.63) is 34.4 Å². The lowest BCUT2D eigenvalue weighted by molar-refractivity contribution is 0.580. The molecule has 3 heterocycles. The Morgan fingerprint density at radius 2 is 2.31 bits per heavy atom. The van der Waals surface area contributed by atoms with Gasteiger partial charge in [0.05, 0.1) is 6.26 Å². The van der Waals surface area contributed by atoms with E-state index >= 15 is 0 Å². The zero-order valence-electron chi connectivity index (χ0n) is 8.25. The Labute approximate surface area is 93.2 Å². The average Bonchev–Trinajstić information content (AvgIpc) is 2.91. The minimum absolute atomic E-state index is 0.251. The minimum Gasteiger partial charge on any atom is -0.462 e. The van der Waals surface area contributed by atoms with Crippen LogP contribution in [-0.2, 0) is 0 Å². The van der Waals surface area contributed by atoms with E-state index in [9.17, 15) is 4.79 Å². The van der Waals surface area contributed by atoms with E-state index in [1.54, 1.807) is 25.3 Å². The van der Waals surface area contributed by atoms with Gasteiger partial charge in [0.15, 0.2) is 10.8 Å². The number of hydrogen-bond donors (Lipinski definition) is 0. The molecule has 80 valence electrons. The molecule has 0 aromatic carbocycles. The van der Waals surface area contributed by atoms with Crippen LogP contribution in [0.15, 0.2) is 27.6 Å². The summed E-state index contributed by atoms with van der Waals surface area (Å²) < 4.78 is 6.44. The Bertz CT molecular complexity index is 698. The first-order valence-corrected chi connectivity index (χ1v) is 5.34. The molecule has 3 aromatic heterocycles. The number of rotatable bonds is 1. The number of nitrogens with zero attached hydrogens (tertiary/aromatic N) is 4. The van der Waals surface area contributed by atoms with Crippen molar-refractivity contribution in [2.75, 3.05) is 0 Å². The molecule has 6 nitrogen and oxygen atoms in total. The van der Waals surface area contributed by atoms with Crippen LogP contribution < -0.4 is 5.56 Å². The fraction of sp³-hybridized carbons (Fsp3) is 0.111. The summed E-state index contributed by atoms with van der Waals surface area (Å²) in [5.74, 6) is 0.618. The maximum Gasteiger partial charge on any atom is 0.296 e. The number of fused-ring (bicyclic) bond motifs is 1. The van der Waals surface area contributed by atoms with Gasteiger partial charge in [-0.3, -0.25) is 4.79 Å². The Morgan fingerprint density at radius 3 is 3.06 bits per heavy atom. The van der Waals surface area contributed by atoms with Gasteiger partial charge >= 0.3 is 0 Å². The molecule has 3 aromatic rings. The van der Waals surface area contributed by atoms with Crippen molar-refractivity contribution in [1.29, 1.82) is 0 Å². The lowest BCUT2D eigenvalue weighted by atomic mass is 10.5. The van der Waals surface area contributed by atoms with Gasteiger partial charge < -0.3 is 4.42 Å². The van der Waals surface area contributed by atoms with Gasteiger partial charge in [-0.05, 0) is 19.1 Å². The number of furan rings is 1. The largest absolute Gasteiger partial charge is 0.462 e. The first-order chi connectivity index (χ1) is 7.75. The van der Waals surface area contributed by atoms with Crippen molar-refractivity contribution in [3.63, 3.8) is 0 Å². The van der Waals surface area contributed by atoms with E-state index in [-0.39, 0.29) is 5.56 Å². The third-order valence-electron chi connectivity index (χ3n) is 2.08. The second-order valence-corrected chi connectivity index (χ2v) is 4.13. The Balaban J connectivity index is 2.32. The van der Waals surface area contributed by atoms with Gasteiger partial charge in [-0.15, -0.1) is 15.3 Å². The van der Waals surface area contributed by atoms with Crippen molar-refractivity contribution in [2.24, 2.45) is 0 Å². The van der Waals surface area contributed by atoms with Crippen LogP contribution >= 0.6 is 11.3 Å². The minimum atomic E-state index is -0.251. The van der Waals surface area contributed by atoms with E-state index in [0.717, 1.165) is 0 Å². The molecule has 0 atom stereocenters. The molecule has 0 N–H and O–H groups in total. The highest BCUT2D eigenvalue weighted by molar-refractivity contribution is 7.19. The van der Waals surface area contributed by atoms with Crippen LogP contribution in [0.3, 0.4) is 0 Å². The van der Waals surface area contributed by atoms with Gasteiger partial charge in [0, 0.05) is 0 Å². The van der Waals surface area contributed by atoms with Gasteiger partial charge in [0.2, 0.25) is 4.96 Å². The average molecular weight is 234 g/mol. The van der Waals surface area contributed by atoms with E-state index in [2.05, 4.69) is 15.3 Å². The zero-order chi connectivity index (χ0) is 11.1. The quantitative estimate of drug-likeness (QED) is 0.630. The van der Waals surface area contributed by atoms with Crippen LogP contribution in [0.5, 0.6) is 0 Å². The van der Waals surface area contributed by atoms with Crippen molar-refractivity contribution < 1.29 is 4.42 Å². The summed E-state index contributed by atoms with van der Waals surface area (Å²) in [4.78, 5) is 12.1.